The molecule has 1 aromatic rings. The molecule has 0 aromatic heterocycles. The monoisotopic (exact) mass is 327 g/mol. The third-order valence-corrected chi connectivity index (χ3v) is 5.08. The predicted octanol–water partition coefficient (Wildman–Crippen LogP) is 2.96. The Morgan fingerprint density at radius 2 is 2.18 bits per heavy atom. The topological polar surface area (TPSA) is 36.4 Å². The Morgan fingerprint density at radius 1 is 1.36 bits per heavy atom. The van der Waals surface area contributed by atoms with Gasteiger partial charge >= 0.3 is 0 Å². The van der Waals surface area contributed by atoms with Crippen LogP contribution in [0, 0.1) is 11.6 Å². The van der Waals surface area contributed by atoms with Crippen LogP contribution in [0.1, 0.15) is 24.8 Å². The standard InChI is InChI=1S/C16H23F2N3S/c1-19-16(21-13-5-6-14(10-13)22-2)20-8-7-11-3-4-12(17)9-15(11)18/h3-4,9,13-14H,5-8,10H2,1-2H3,(H2,19,20,21). The van der Waals surface area contributed by atoms with Crippen LogP contribution in [-0.2, 0) is 6.42 Å². The number of nitrogens with zero attached hydrogens (tertiary/aromatic N) is 1. The highest BCUT2D eigenvalue weighted by Crippen LogP contribution is 2.27. The van der Waals surface area contributed by atoms with Crippen LogP contribution in [0.3, 0.4) is 0 Å². The number of benzene rings is 1. The lowest BCUT2D eigenvalue weighted by Crippen LogP contribution is -2.43. The molecule has 0 heterocycles. The number of hydrogen-bond acceptors (Lipinski definition) is 2. The van der Waals surface area contributed by atoms with Gasteiger partial charge in [-0.05, 0) is 43.6 Å². The summed E-state index contributed by atoms with van der Waals surface area (Å²) in [5, 5.41) is 7.33. The summed E-state index contributed by atoms with van der Waals surface area (Å²) in [6.07, 6.45) is 6.17. The minimum Gasteiger partial charge on any atom is -0.356 e. The van der Waals surface area contributed by atoms with Crippen LogP contribution in [0.25, 0.3) is 0 Å². The van der Waals surface area contributed by atoms with Crippen molar-refractivity contribution in [2.24, 2.45) is 4.99 Å². The zero-order chi connectivity index (χ0) is 15.9. The smallest absolute Gasteiger partial charge is 0.191 e. The molecule has 0 radical (unpaired) electrons. The maximum atomic E-state index is 13.6. The van der Waals surface area contributed by atoms with E-state index >= 15 is 0 Å². The van der Waals surface area contributed by atoms with Gasteiger partial charge in [-0.15, -0.1) is 0 Å². The molecule has 22 heavy (non-hydrogen) atoms. The van der Waals surface area contributed by atoms with Gasteiger partial charge < -0.3 is 10.6 Å². The molecule has 0 amide bonds. The Kier molecular flexibility index (Phi) is 6.49. The number of halogens is 2. The molecule has 2 unspecified atom stereocenters. The van der Waals surface area contributed by atoms with Crippen LogP contribution in [0.5, 0.6) is 0 Å². The average molecular weight is 327 g/mol. The van der Waals surface area contributed by atoms with Gasteiger partial charge in [0, 0.05) is 31.0 Å². The van der Waals surface area contributed by atoms with Crippen molar-refractivity contribution < 1.29 is 8.78 Å². The number of nitrogens with one attached hydrogen (secondary N) is 2. The lowest BCUT2D eigenvalue weighted by molar-refractivity contribution is 0.569. The molecule has 0 bridgehead atoms. The van der Waals surface area contributed by atoms with E-state index in [1.165, 1.54) is 18.6 Å². The number of rotatable bonds is 5. The van der Waals surface area contributed by atoms with E-state index in [1.54, 1.807) is 7.05 Å². The molecule has 2 atom stereocenters. The van der Waals surface area contributed by atoms with Gasteiger partial charge in [-0.1, -0.05) is 6.07 Å². The van der Waals surface area contributed by atoms with Crippen molar-refractivity contribution in [3.8, 4) is 0 Å². The molecule has 1 aromatic carbocycles. The largest absolute Gasteiger partial charge is 0.356 e. The van der Waals surface area contributed by atoms with Crippen LogP contribution in [0.2, 0.25) is 0 Å². The molecular formula is C16H23F2N3S. The SMILES string of the molecule is CN=C(NCCc1ccc(F)cc1F)NC1CCC(SC)C1. The van der Waals surface area contributed by atoms with Crippen LogP contribution in [-0.4, -0.2) is 37.1 Å². The molecular weight excluding hydrogens is 304 g/mol. The lowest BCUT2D eigenvalue weighted by atomic mass is 10.1. The highest BCUT2D eigenvalue weighted by atomic mass is 32.2. The van der Waals surface area contributed by atoms with E-state index in [1.807, 2.05) is 11.8 Å². The first-order valence-corrected chi connectivity index (χ1v) is 8.85. The second-order valence-corrected chi connectivity index (χ2v) is 6.63. The van der Waals surface area contributed by atoms with E-state index in [0.717, 1.165) is 30.1 Å². The summed E-state index contributed by atoms with van der Waals surface area (Å²) in [5.41, 5.74) is 0.507. The van der Waals surface area contributed by atoms with Crippen molar-refractivity contribution in [3.63, 3.8) is 0 Å². The number of hydrogen-bond donors (Lipinski definition) is 2. The Hall–Kier alpha value is -1.30. The van der Waals surface area contributed by atoms with Gasteiger partial charge in [-0.25, -0.2) is 8.78 Å². The molecule has 122 valence electrons. The molecule has 0 aliphatic heterocycles. The van der Waals surface area contributed by atoms with Crippen LogP contribution in [0.15, 0.2) is 23.2 Å². The van der Waals surface area contributed by atoms with Crippen LogP contribution < -0.4 is 10.6 Å². The predicted molar refractivity (Wildman–Crippen MR) is 89.5 cm³/mol. The summed E-state index contributed by atoms with van der Waals surface area (Å²) in [5.74, 6) is -0.297. The van der Waals surface area contributed by atoms with Crippen molar-refractivity contribution in [1.82, 2.24) is 10.6 Å². The van der Waals surface area contributed by atoms with E-state index in [0.29, 0.717) is 24.6 Å². The van der Waals surface area contributed by atoms with Crippen LogP contribution in [0.4, 0.5) is 8.78 Å². The molecule has 2 N–H and O–H groups in total. The Morgan fingerprint density at radius 3 is 2.82 bits per heavy atom. The molecule has 1 aliphatic rings. The van der Waals surface area contributed by atoms with E-state index in [-0.39, 0.29) is 0 Å². The first-order valence-electron chi connectivity index (χ1n) is 7.56. The second kappa shape index (κ2) is 8.36. The first-order chi connectivity index (χ1) is 10.6. The van der Waals surface area contributed by atoms with Crippen molar-refractivity contribution >= 4 is 17.7 Å². The van der Waals surface area contributed by atoms with E-state index < -0.39 is 11.6 Å². The summed E-state index contributed by atoms with van der Waals surface area (Å²) < 4.78 is 26.4. The van der Waals surface area contributed by atoms with E-state index in [4.69, 9.17) is 0 Å². The molecule has 0 saturated heterocycles. The second-order valence-electron chi connectivity index (χ2n) is 5.50. The van der Waals surface area contributed by atoms with Gasteiger partial charge in [-0.2, -0.15) is 11.8 Å². The maximum absolute atomic E-state index is 13.6. The summed E-state index contributed by atoms with van der Waals surface area (Å²) in [6.45, 7) is 0.556. The minimum atomic E-state index is -0.545. The van der Waals surface area contributed by atoms with Crippen molar-refractivity contribution in [2.75, 3.05) is 19.8 Å². The summed E-state index contributed by atoms with van der Waals surface area (Å²) in [4.78, 5) is 4.20. The zero-order valence-electron chi connectivity index (χ0n) is 13.0. The molecule has 0 spiro atoms. The van der Waals surface area contributed by atoms with Crippen LogP contribution >= 0.6 is 11.8 Å². The molecule has 1 aliphatic carbocycles. The third kappa shape index (κ3) is 4.87. The number of aliphatic imine (C=N–C) groups is 1. The Bertz CT molecular complexity index is 522. The van der Waals surface area contributed by atoms with Gasteiger partial charge in [0.05, 0.1) is 0 Å². The molecule has 6 heteroatoms. The fraction of sp³-hybridized carbons (Fsp3) is 0.562. The first kappa shape index (κ1) is 17.1. The van der Waals surface area contributed by atoms with Gasteiger partial charge in [-0.3, -0.25) is 4.99 Å². The quantitative estimate of drug-likeness (QED) is 0.645. The van der Waals surface area contributed by atoms with Crippen molar-refractivity contribution in [1.29, 1.82) is 0 Å². The zero-order valence-corrected chi connectivity index (χ0v) is 13.9. The summed E-state index contributed by atoms with van der Waals surface area (Å²) in [7, 11) is 1.73. The number of guanidine groups is 1. The molecule has 3 nitrogen and oxygen atoms in total. The highest BCUT2D eigenvalue weighted by Gasteiger charge is 2.24. The summed E-state index contributed by atoms with van der Waals surface area (Å²) >= 11 is 1.92. The molecule has 1 saturated carbocycles. The maximum Gasteiger partial charge on any atom is 0.191 e. The van der Waals surface area contributed by atoms with Gasteiger partial charge in [0.25, 0.3) is 0 Å². The fourth-order valence-electron chi connectivity index (χ4n) is 2.71. The number of thioether (sulfide) groups is 1. The minimum absolute atomic E-state index is 0.450. The fourth-order valence-corrected chi connectivity index (χ4v) is 3.51. The highest BCUT2D eigenvalue weighted by molar-refractivity contribution is 7.99. The lowest BCUT2D eigenvalue weighted by Gasteiger charge is -2.17. The normalized spacial score (nSPS) is 21.9. The average Bonchev–Trinajstić information content (AvgIpc) is 2.96. The molecule has 1 fully saturated rings. The summed E-state index contributed by atoms with van der Waals surface area (Å²) in [6, 6.07) is 4.14. The third-order valence-electron chi connectivity index (χ3n) is 3.98. The van der Waals surface area contributed by atoms with Crippen molar-refractivity contribution in [2.45, 2.75) is 37.0 Å². The van der Waals surface area contributed by atoms with E-state index in [9.17, 15) is 8.78 Å². The molecule has 2 rings (SSSR count). The Labute approximate surface area is 135 Å². The van der Waals surface area contributed by atoms with E-state index in [2.05, 4.69) is 21.9 Å². The van der Waals surface area contributed by atoms with Gasteiger partial charge in [0.2, 0.25) is 0 Å². The Balaban J connectivity index is 1.77. The van der Waals surface area contributed by atoms with Gasteiger partial charge in [0.1, 0.15) is 11.6 Å². The van der Waals surface area contributed by atoms with Gasteiger partial charge in [0.15, 0.2) is 5.96 Å². The van der Waals surface area contributed by atoms with Crippen molar-refractivity contribution in [3.05, 3.63) is 35.4 Å².